The maximum atomic E-state index is 4.73. The molecular formula is C14H17N3S. The van der Waals surface area contributed by atoms with Gasteiger partial charge in [-0.3, -0.25) is 4.90 Å². The van der Waals surface area contributed by atoms with Gasteiger partial charge in [0.15, 0.2) is 0 Å². The van der Waals surface area contributed by atoms with E-state index in [1.807, 2.05) is 11.3 Å². The zero-order chi connectivity index (χ0) is 11.9. The van der Waals surface area contributed by atoms with E-state index in [0.29, 0.717) is 0 Å². The highest BCUT2D eigenvalue weighted by atomic mass is 32.1. The molecule has 2 unspecified atom stereocenters. The van der Waals surface area contributed by atoms with Crippen molar-refractivity contribution in [1.29, 1.82) is 0 Å². The Morgan fingerprint density at radius 3 is 2.78 bits per heavy atom. The van der Waals surface area contributed by atoms with Gasteiger partial charge in [-0.25, -0.2) is 4.98 Å². The van der Waals surface area contributed by atoms with Gasteiger partial charge < -0.3 is 5.32 Å². The van der Waals surface area contributed by atoms with Crippen molar-refractivity contribution in [2.75, 3.05) is 26.2 Å². The first kappa shape index (κ1) is 10.9. The van der Waals surface area contributed by atoms with E-state index in [0.717, 1.165) is 23.9 Å². The Labute approximate surface area is 111 Å². The van der Waals surface area contributed by atoms with Crippen LogP contribution in [0.1, 0.15) is 5.01 Å². The molecule has 1 aromatic carbocycles. The normalized spacial score (nSPS) is 28.0. The summed E-state index contributed by atoms with van der Waals surface area (Å²) >= 11 is 1.84. The van der Waals surface area contributed by atoms with Gasteiger partial charge in [0.1, 0.15) is 5.01 Å². The summed E-state index contributed by atoms with van der Waals surface area (Å²) in [5, 5.41) is 4.76. The highest BCUT2D eigenvalue weighted by Gasteiger charge is 2.36. The van der Waals surface area contributed by atoms with Crippen molar-refractivity contribution in [3.8, 4) is 0 Å². The molecule has 2 fully saturated rings. The van der Waals surface area contributed by atoms with Crippen LogP contribution in [0.5, 0.6) is 0 Å². The van der Waals surface area contributed by atoms with Gasteiger partial charge in [0.2, 0.25) is 0 Å². The lowest BCUT2D eigenvalue weighted by atomic mass is 10.0. The number of nitrogens with one attached hydrogen (secondary N) is 1. The number of nitrogens with zero attached hydrogens (tertiary/aromatic N) is 2. The quantitative estimate of drug-likeness (QED) is 0.893. The van der Waals surface area contributed by atoms with E-state index >= 15 is 0 Å². The molecule has 0 amide bonds. The number of fused-ring (bicyclic) bond motifs is 2. The third kappa shape index (κ3) is 1.85. The minimum absolute atomic E-state index is 0.874. The standard InChI is InChI=1S/C14H17N3S/c1-2-4-13-12(3-1)16-14(18-13)9-17-7-10-5-15-6-11(10)8-17/h1-4,10-11,15H,5-9H2. The van der Waals surface area contributed by atoms with E-state index in [4.69, 9.17) is 4.98 Å². The van der Waals surface area contributed by atoms with Crippen LogP contribution < -0.4 is 5.32 Å². The first-order valence-corrected chi connectivity index (χ1v) is 7.47. The Morgan fingerprint density at radius 1 is 1.22 bits per heavy atom. The van der Waals surface area contributed by atoms with Crippen LogP contribution in [-0.4, -0.2) is 36.1 Å². The fraction of sp³-hybridized carbons (Fsp3) is 0.500. The molecule has 0 radical (unpaired) electrons. The average molecular weight is 259 g/mol. The lowest BCUT2D eigenvalue weighted by Gasteiger charge is -2.14. The SMILES string of the molecule is c1ccc2sc(CN3CC4CNCC4C3)nc2c1. The number of hydrogen-bond acceptors (Lipinski definition) is 4. The number of thiazole rings is 1. The van der Waals surface area contributed by atoms with E-state index < -0.39 is 0 Å². The number of para-hydroxylation sites is 1. The predicted octanol–water partition coefficient (Wildman–Crippen LogP) is 1.95. The second-order valence-electron chi connectivity index (χ2n) is 5.45. The number of rotatable bonds is 2. The first-order valence-electron chi connectivity index (χ1n) is 6.66. The Morgan fingerprint density at radius 2 is 2.00 bits per heavy atom. The van der Waals surface area contributed by atoms with E-state index in [2.05, 4.69) is 34.5 Å². The second-order valence-corrected chi connectivity index (χ2v) is 6.56. The van der Waals surface area contributed by atoms with E-state index in [9.17, 15) is 0 Å². The van der Waals surface area contributed by atoms with Crippen LogP contribution in [0.2, 0.25) is 0 Å². The average Bonchev–Trinajstić information content (AvgIpc) is 3.01. The molecule has 4 rings (SSSR count). The minimum atomic E-state index is 0.874. The summed E-state index contributed by atoms with van der Waals surface area (Å²) in [5.41, 5.74) is 1.15. The Bertz CT molecular complexity index is 520. The third-order valence-corrected chi connectivity index (χ3v) is 5.18. The number of aromatic nitrogens is 1. The predicted molar refractivity (Wildman–Crippen MR) is 74.7 cm³/mol. The molecule has 18 heavy (non-hydrogen) atoms. The summed E-state index contributed by atoms with van der Waals surface area (Å²) in [7, 11) is 0. The van der Waals surface area contributed by atoms with Gasteiger partial charge in [-0.2, -0.15) is 0 Å². The van der Waals surface area contributed by atoms with Gasteiger partial charge >= 0.3 is 0 Å². The van der Waals surface area contributed by atoms with E-state index in [-0.39, 0.29) is 0 Å². The Balaban J connectivity index is 1.51. The molecular weight excluding hydrogens is 242 g/mol. The molecule has 0 saturated carbocycles. The van der Waals surface area contributed by atoms with Crippen molar-refractivity contribution in [2.45, 2.75) is 6.54 Å². The van der Waals surface area contributed by atoms with Crippen LogP contribution in [0, 0.1) is 11.8 Å². The highest BCUT2D eigenvalue weighted by Crippen LogP contribution is 2.29. The molecule has 0 spiro atoms. The molecule has 3 heterocycles. The van der Waals surface area contributed by atoms with Crippen molar-refractivity contribution in [3.05, 3.63) is 29.3 Å². The molecule has 94 valence electrons. The number of benzene rings is 1. The molecule has 1 N–H and O–H groups in total. The van der Waals surface area contributed by atoms with Crippen LogP contribution >= 0.6 is 11.3 Å². The van der Waals surface area contributed by atoms with Crippen molar-refractivity contribution >= 4 is 21.6 Å². The van der Waals surface area contributed by atoms with Crippen molar-refractivity contribution in [2.24, 2.45) is 11.8 Å². The van der Waals surface area contributed by atoms with Gasteiger partial charge in [-0.05, 0) is 37.1 Å². The van der Waals surface area contributed by atoms with Gasteiger partial charge in [0, 0.05) is 13.1 Å². The van der Waals surface area contributed by atoms with Crippen molar-refractivity contribution < 1.29 is 0 Å². The highest BCUT2D eigenvalue weighted by molar-refractivity contribution is 7.18. The molecule has 2 saturated heterocycles. The van der Waals surface area contributed by atoms with Crippen LogP contribution in [0.3, 0.4) is 0 Å². The maximum absolute atomic E-state index is 4.73. The molecule has 2 aliphatic heterocycles. The molecule has 2 aliphatic rings. The van der Waals surface area contributed by atoms with E-state index in [1.165, 1.54) is 35.9 Å². The lowest BCUT2D eigenvalue weighted by molar-refractivity contribution is 0.305. The summed E-state index contributed by atoms with van der Waals surface area (Å²) in [4.78, 5) is 7.31. The summed E-state index contributed by atoms with van der Waals surface area (Å²) in [6.07, 6.45) is 0. The van der Waals surface area contributed by atoms with Gasteiger partial charge in [0.25, 0.3) is 0 Å². The molecule has 0 bridgehead atoms. The summed E-state index contributed by atoms with van der Waals surface area (Å²) in [6, 6.07) is 8.44. The van der Waals surface area contributed by atoms with Crippen LogP contribution in [0.4, 0.5) is 0 Å². The van der Waals surface area contributed by atoms with Crippen LogP contribution in [0.15, 0.2) is 24.3 Å². The monoisotopic (exact) mass is 259 g/mol. The number of hydrogen-bond donors (Lipinski definition) is 1. The smallest absolute Gasteiger partial charge is 0.108 e. The largest absolute Gasteiger partial charge is 0.316 e. The van der Waals surface area contributed by atoms with E-state index in [1.54, 1.807) is 0 Å². The van der Waals surface area contributed by atoms with Gasteiger partial charge in [0.05, 0.1) is 16.8 Å². The Hall–Kier alpha value is -0.970. The summed E-state index contributed by atoms with van der Waals surface area (Å²) < 4.78 is 1.31. The van der Waals surface area contributed by atoms with Crippen LogP contribution in [0.25, 0.3) is 10.2 Å². The van der Waals surface area contributed by atoms with Gasteiger partial charge in [-0.1, -0.05) is 12.1 Å². The molecule has 3 nitrogen and oxygen atoms in total. The number of likely N-dealkylation sites (tertiary alicyclic amines) is 1. The summed E-state index contributed by atoms with van der Waals surface area (Å²) in [6.45, 7) is 5.94. The zero-order valence-electron chi connectivity index (χ0n) is 10.3. The maximum Gasteiger partial charge on any atom is 0.108 e. The second kappa shape index (κ2) is 4.30. The van der Waals surface area contributed by atoms with Crippen molar-refractivity contribution in [3.63, 3.8) is 0 Å². The lowest BCUT2D eigenvalue weighted by Crippen LogP contribution is -2.25. The first-order chi connectivity index (χ1) is 8.88. The zero-order valence-corrected chi connectivity index (χ0v) is 11.1. The van der Waals surface area contributed by atoms with Gasteiger partial charge in [-0.15, -0.1) is 11.3 Å². The van der Waals surface area contributed by atoms with Crippen LogP contribution in [-0.2, 0) is 6.54 Å². The fourth-order valence-electron chi connectivity index (χ4n) is 3.26. The third-order valence-electron chi connectivity index (χ3n) is 4.16. The summed E-state index contributed by atoms with van der Waals surface area (Å²) in [5.74, 6) is 1.75. The fourth-order valence-corrected chi connectivity index (χ4v) is 4.27. The molecule has 0 aliphatic carbocycles. The molecule has 2 aromatic rings. The minimum Gasteiger partial charge on any atom is -0.316 e. The van der Waals surface area contributed by atoms with Crippen molar-refractivity contribution in [1.82, 2.24) is 15.2 Å². The Kier molecular flexibility index (Phi) is 2.60. The topological polar surface area (TPSA) is 28.2 Å². The molecule has 2 atom stereocenters. The molecule has 4 heteroatoms. The molecule has 1 aromatic heterocycles.